The third kappa shape index (κ3) is 3.30. The van der Waals surface area contributed by atoms with Gasteiger partial charge in [-0.3, -0.25) is 14.4 Å². The van der Waals surface area contributed by atoms with Crippen molar-refractivity contribution in [1.82, 2.24) is 0 Å². The molecule has 3 aromatic rings. The molecule has 3 unspecified atom stereocenters. The maximum Gasteiger partial charge on any atom is 0.180 e. The van der Waals surface area contributed by atoms with Crippen LogP contribution in [0, 0.1) is 10.8 Å². The van der Waals surface area contributed by atoms with E-state index >= 15 is 0 Å². The summed E-state index contributed by atoms with van der Waals surface area (Å²) in [5.41, 5.74) is 0.905. The minimum atomic E-state index is -1.55. The highest BCUT2D eigenvalue weighted by atomic mass is 16.5. The molecule has 6 rings (SSSR count). The van der Waals surface area contributed by atoms with Crippen LogP contribution in [0.15, 0.2) is 72.8 Å². The lowest BCUT2D eigenvalue weighted by molar-refractivity contribution is -0.127. The van der Waals surface area contributed by atoms with Gasteiger partial charge in [0.25, 0.3) is 0 Å². The molecule has 1 fully saturated rings. The maximum atomic E-state index is 14.7. The Kier molecular flexibility index (Phi) is 5.58. The van der Waals surface area contributed by atoms with Gasteiger partial charge in [-0.1, -0.05) is 81.5 Å². The van der Waals surface area contributed by atoms with E-state index in [1.54, 1.807) is 50.6 Å². The van der Waals surface area contributed by atoms with Gasteiger partial charge in [-0.2, -0.15) is 0 Å². The van der Waals surface area contributed by atoms with Gasteiger partial charge < -0.3 is 14.4 Å². The van der Waals surface area contributed by atoms with Crippen LogP contribution >= 0.6 is 0 Å². The highest BCUT2D eigenvalue weighted by Crippen LogP contribution is 2.62. The molecule has 0 N–H and O–H groups in total. The van der Waals surface area contributed by atoms with Crippen molar-refractivity contribution in [2.75, 3.05) is 19.1 Å². The van der Waals surface area contributed by atoms with Crippen LogP contribution in [0.3, 0.4) is 0 Å². The topological polar surface area (TPSA) is 72.9 Å². The lowest BCUT2D eigenvalue weighted by Crippen LogP contribution is -2.49. The maximum absolute atomic E-state index is 14.7. The second kappa shape index (κ2) is 8.67. The van der Waals surface area contributed by atoms with Crippen molar-refractivity contribution in [3.8, 4) is 11.5 Å². The lowest BCUT2D eigenvalue weighted by Gasteiger charge is -2.38. The van der Waals surface area contributed by atoms with Gasteiger partial charge in [0.05, 0.1) is 26.3 Å². The number of ether oxygens (including phenoxy) is 2. The van der Waals surface area contributed by atoms with Gasteiger partial charge in [0.1, 0.15) is 16.9 Å². The van der Waals surface area contributed by atoms with Gasteiger partial charge in [0.2, 0.25) is 0 Å². The normalized spacial score (nSPS) is 22.5. The van der Waals surface area contributed by atoms with E-state index in [0.29, 0.717) is 28.2 Å². The molecule has 1 saturated heterocycles. The van der Waals surface area contributed by atoms with Gasteiger partial charge in [-0.15, -0.1) is 0 Å². The summed E-state index contributed by atoms with van der Waals surface area (Å²) < 4.78 is 11.3. The number of ketones is 3. The van der Waals surface area contributed by atoms with Crippen LogP contribution in [0.2, 0.25) is 0 Å². The van der Waals surface area contributed by atoms with Crippen LogP contribution in [-0.4, -0.2) is 43.7 Å². The van der Waals surface area contributed by atoms with E-state index in [-0.39, 0.29) is 17.3 Å². The average molecular weight is 522 g/mol. The molecular weight excluding hydrogens is 490 g/mol. The molecular formula is C33H31NO5. The SMILES string of the molecule is COc1ccc(C2C(C(=O)C(C)(C)C)N3c4ccccc4C=CC3C23C(=O)c2ccccc2C3=O)c(OC)c1. The molecule has 0 amide bonds. The van der Waals surface area contributed by atoms with Crippen molar-refractivity contribution >= 4 is 29.1 Å². The average Bonchev–Trinajstić information content (AvgIpc) is 3.37. The number of anilines is 1. The van der Waals surface area contributed by atoms with E-state index in [1.165, 1.54) is 0 Å². The summed E-state index contributed by atoms with van der Waals surface area (Å²) in [6.07, 6.45) is 3.90. The molecule has 1 aliphatic carbocycles. The molecule has 198 valence electrons. The Morgan fingerprint density at radius 2 is 1.51 bits per heavy atom. The van der Waals surface area contributed by atoms with Gasteiger partial charge in [0.15, 0.2) is 17.3 Å². The minimum absolute atomic E-state index is 0.0473. The molecule has 6 nitrogen and oxygen atoms in total. The van der Waals surface area contributed by atoms with Gasteiger partial charge in [0, 0.05) is 39.8 Å². The van der Waals surface area contributed by atoms with Crippen molar-refractivity contribution in [2.24, 2.45) is 10.8 Å². The molecule has 39 heavy (non-hydrogen) atoms. The summed E-state index contributed by atoms with van der Waals surface area (Å²) in [6.45, 7) is 5.66. The fraction of sp³-hybridized carbons (Fsp3) is 0.303. The lowest BCUT2D eigenvalue weighted by atomic mass is 9.63. The van der Waals surface area contributed by atoms with Gasteiger partial charge in [-0.05, 0) is 17.7 Å². The fourth-order valence-corrected chi connectivity index (χ4v) is 6.78. The first-order chi connectivity index (χ1) is 18.7. The number of para-hydroxylation sites is 1. The predicted molar refractivity (Wildman–Crippen MR) is 150 cm³/mol. The smallest absolute Gasteiger partial charge is 0.180 e. The molecule has 1 spiro atoms. The van der Waals surface area contributed by atoms with Crippen molar-refractivity contribution in [3.63, 3.8) is 0 Å². The van der Waals surface area contributed by atoms with Crippen LogP contribution < -0.4 is 14.4 Å². The first-order valence-corrected chi connectivity index (χ1v) is 13.2. The van der Waals surface area contributed by atoms with E-state index in [0.717, 1.165) is 11.3 Å². The van der Waals surface area contributed by atoms with Gasteiger partial charge >= 0.3 is 0 Å². The summed E-state index contributed by atoms with van der Waals surface area (Å²) in [6, 6.07) is 18.7. The number of nitrogens with zero attached hydrogens (tertiary/aromatic N) is 1. The first kappa shape index (κ1) is 25.1. The molecule has 0 saturated carbocycles. The zero-order chi connectivity index (χ0) is 27.7. The molecule has 6 heteroatoms. The molecule has 0 radical (unpaired) electrons. The molecule has 0 aromatic heterocycles. The first-order valence-electron chi connectivity index (χ1n) is 13.2. The highest BCUT2D eigenvalue weighted by molar-refractivity contribution is 6.32. The molecule has 3 atom stereocenters. The Bertz CT molecular complexity index is 1530. The summed E-state index contributed by atoms with van der Waals surface area (Å²) >= 11 is 0. The van der Waals surface area contributed by atoms with E-state index in [9.17, 15) is 14.4 Å². The zero-order valence-electron chi connectivity index (χ0n) is 22.7. The number of hydrogen-bond donors (Lipinski definition) is 0. The molecule has 2 aliphatic heterocycles. The Morgan fingerprint density at radius 1 is 0.872 bits per heavy atom. The number of fused-ring (bicyclic) bond motifs is 5. The van der Waals surface area contributed by atoms with Crippen molar-refractivity contribution in [1.29, 1.82) is 0 Å². The van der Waals surface area contributed by atoms with Crippen LogP contribution in [0.25, 0.3) is 6.08 Å². The fourth-order valence-electron chi connectivity index (χ4n) is 6.78. The standard InChI is InChI=1S/C33H31NO5/c1-32(2,3)31(37)28-27(23-16-15-20(38-4)18-25(23)39-5)33(29(35)21-11-7-8-12-22(21)30(33)36)26-17-14-19-10-6-9-13-24(19)34(26)28/h6-18,26-28H,1-5H3. The largest absolute Gasteiger partial charge is 0.497 e. The Balaban J connectivity index is 1.72. The third-order valence-electron chi connectivity index (χ3n) is 8.50. The molecule has 0 bridgehead atoms. The second-order valence-corrected chi connectivity index (χ2v) is 11.5. The molecule has 3 aliphatic rings. The predicted octanol–water partition coefficient (Wildman–Crippen LogP) is 5.75. The second-order valence-electron chi connectivity index (χ2n) is 11.5. The van der Waals surface area contributed by atoms with Crippen LogP contribution in [-0.2, 0) is 4.79 Å². The Labute approximate surface area is 228 Å². The van der Waals surface area contributed by atoms with Crippen molar-refractivity contribution in [3.05, 3.63) is 95.1 Å². The number of Topliss-reactive ketones (excluding diaryl/α,β-unsaturated/α-hetero) is 3. The van der Waals surface area contributed by atoms with Gasteiger partial charge in [-0.25, -0.2) is 0 Å². The van der Waals surface area contributed by atoms with Crippen molar-refractivity contribution in [2.45, 2.75) is 38.8 Å². The molecule has 2 heterocycles. The highest BCUT2D eigenvalue weighted by Gasteiger charge is 2.72. The minimum Gasteiger partial charge on any atom is -0.497 e. The Hall–Kier alpha value is -4.19. The number of hydrogen-bond acceptors (Lipinski definition) is 6. The summed E-state index contributed by atoms with van der Waals surface area (Å²) in [5, 5.41) is 0. The summed E-state index contributed by atoms with van der Waals surface area (Å²) in [5.74, 6) is -0.314. The third-order valence-corrected chi connectivity index (χ3v) is 8.50. The number of benzene rings is 3. The number of rotatable bonds is 4. The van der Waals surface area contributed by atoms with Crippen molar-refractivity contribution < 1.29 is 23.9 Å². The summed E-state index contributed by atoms with van der Waals surface area (Å²) in [4.78, 5) is 45.9. The van der Waals surface area contributed by atoms with E-state index < -0.39 is 28.8 Å². The monoisotopic (exact) mass is 521 g/mol. The molecule has 3 aromatic carbocycles. The van der Waals surface area contributed by atoms with E-state index in [4.69, 9.17) is 9.47 Å². The van der Waals surface area contributed by atoms with Crippen LogP contribution in [0.4, 0.5) is 5.69 Å². The van der Waals surface area contributed by atoms with Crippen LogP contribution in [0.5, 0.6) is 11.5 Å². The Morgan fingerprint density at radius 3 is 2.13 bits per heavy atom. The quantitative estimate of drug-likeness (QED) is 0.407. The zero-order valence-corrected chi connectivity index (χ0v) is 22.7. The number of carbonyl (C=O) groups is 3. The number of carbonyl (C=O) groups excluding carboxylic acids is 3. The summed E-state index contributed by atoms with van der Waals surface area (Å²) in [7, 11) is 3.12. The van der Waals surface area contributed by atoms with Crippen LogP contribution in [0.1, 0.15) is 58.5 Å². The van der Waals surface area contributed by atoms with E-state index in [1.807, 2.05) is 68.2 Å². The van der Waals surface area contributed by atoms with E-state index in [2.05, 4.69) is 0 Å². The number of methoxy groups -OCH3 is 2.